The van der Waals surface area contributed by atoms with E-state index in [0.717, 1.165) is 5.06 Å². The van der Waals surface area contributed by atoms with E-state index in [0.29, 0.717) is 13.0 Å². The van der Waals surface area contributed by atoms with Crippen molar-refractivity contribution < 1.29 is 5.11 Å². The van der Waals surface area contributed by atoms with Crippen molar-refractivity contribution in [2.75, 3.05) is 20.2 Å². The summed E-state index contributed by atoms with van der Waals surface area (Å²) in [7, 11) is 1.44. The van der Waals surface area contributed by atoms with Crippen LogP contribution in [0.5, 0.6) is 0 Å². The lowest BCUT2D eigenvalue weighted by Gasteiger charge is -2.20. The van der Waals surface area contributed by atoms with Crippen molar-refractivity contribution >= 4 is 0 Å². The van der Waals surface area contributed by atoms with Crippen LogP contribution in [0.25, 0.3) is 0 Å². The van der Waals surface area contributed by atoms with Crippen molar-refractivity contribution in [2.24, 2.45) is 0 Å². The fourth-order valence-electron chi connectivity index (χ4n) is 0.293. The molecule has 0 aliphatic rings. The predicted octanol–water partition coefficient (Wildman–Crippen LogP) is -0.202. The lowest BCUT2D eigenvalue weighted by molar-refractivity contribution is 0.269. The average molecular weight is 104 g/mol. The molecule has 0 radical (unpaired) electrons. The number of hydroxylamine groups is 2. The first-order valence-electron chi connectivity index (χ1n) is 2.26. The van der Waals surface area contributed by atoms with Gasteiger partial charge in [0.15, 0.2) is 0 Å². The molecule has 0 aliphatic carbocycles. The van der Waals surface area contributed by atoms with Gasteiger partial charge in [0.05, 0.1) is 0 Å². The van der Waals surface area contributed by atoms with Crippen LogP contribution in [0.1, 0.15) is 6.42 Å². The largest absolute Gasteiger partial charge is 0.785 e. The number of rotatable bonds is 3. The second-order valence-electron chi connectivity index (χ2n) is 1.43. The lowest BCUT2D eigenvalue weighted by Crippen LogP contribution is -2.11. The molecule has 0 amide bonds. The molecular weight excluding hydrogens is 94.0 g/mol. The van der Waals surface area contributed by atoms with E-state index < -0.39 is 0 Å². The lowest BCUT2D eigenvalue weighted by atomic mass is 10.5. The third kappa shape index (κ3) is 5.88. The van der Waals surface area contributed by atoms with Gasteiger partial charge in [-0.1, -0.05) is 0 Å². The van der Waals surface area contributed by atoms with Crippen LogP contribution in [0, 0.1) is 5.21 Å². The maximum atomic E-state index is 10.0. The Morgan fingerprint density at radius 1 is 1.71 bits per heavy atom. The summed E-state index contributed by atoms with van der Waals surface area (Å²) in [5, 5.41) is 19.0. The van der Waals surface area contributed by atoms with Crippen molar-refractivity contribution in [1.82, 2.24) is 5.06 Å². The Labute approximate surface area is 43.1 Å². The van der Waals surface area contributed by atoms with Crippen molar-refractivity contribution in [3.05, 3.63) is 5.21 Å². The van der Waals surface area contributed by atoms with Gasteiger partial charge in [-0.15, -0.1) is 0 Å². The molecule has 0 aromatic rings. The number of aliphatic hydroxyl groups is 1. The summed E-state index contributed by atoms with van der Waals surface area (Å²) < 4.78 is 0. The van der Waals surface area contributed by atoms with Crippen molar-refractivity contribution in [3.63, 3.8) is 0 Å². The first-order chi connectivity index (χ1) is 3.27. The van der Waals surface area contributed by atoms with Gasteiger partial charge in [-0.2, -0.15) is 0 Å². The summed E-state index contributed by atoms with van der Waals surface area (Å²) in [5.41, 5.74) is 0. The quantitative estimate of drug-likeness (QED) is 0.504. The predicted molar refractivity (Wildman–Crippen MR) is 27.7 cm³/mol. The van der Waals surface area contributed by atoms with Gasteiger partial charge in [-0.05, 0) is 20.0 Å². The summed E-state index contributed by atoms with van der Waals surface area (Å²) in [6.07, 6.45) is 0.569. The Balaban J connectivity index is 2.68. The molecule has 1 N–H and O–H groups in total. The number of aliphatic hydroxyl groups excluding tert-OH is 1. The van der Waals surface area contributed by atoms with Gasteiger partial charge >= 0.3 is 0 Å². The smallest absolute Gasteiger partial charge is 0.0442 e. The molecule has 0 saturated heterocycles. The standard InChI is InChI=1S/C4H10NO2/c1-5(7)3-2-4-6/h6H,2-4H2,1H3/q-1. The van der Waals surface area contributed by atoms with E-state index in [9.17, 15) is 5.21 Å². The van der Waals surface area contributed by atoms with Gasteiger partial charge in [0.1, 0.15) is 0 Å². The second kappa shape index (κ2) is 4.05. The van der Waals surface area contributed by atoms with Crippen LogP contribution in [0.15, 0.2) is 0 Å². The molecule has 0 atom stereocenters. The molecule has 0 rings (SSSR count). The minimum Gasteiger partial charge on any atom is -0.785 e. The van der Waals surface area contributed by atoms with Gasteiger partial charge in [-0.25, -0.2) is 0 Å². The third-order valence-electron chi connectivity index (χ3n) is 0.631. The molecule has 0 aromatic carbocycles. The first kappa shape index (κ1) is 6.88. The molecule has 0 aliphatic heterocycles. The average Bonchev–Trinajstić information content (AvgIpc) is 1.61. The molecule has 0 bridgehead atoms. The Morgan fingerprint density at radius 2 is 2.29 bits per heavy atom. The molecule has 7 heavy (non-hydrogen) atoms. The molecular formula is C4H10NO2-. The van der Waals surface area contributed by atoms with E-state index in [-0.39, 0.29) is 6.61 Å². The van der Waals surface area contributed by atoms with Crippen LogP contribution in [0.3, 0.4) is 0 Å². The van der Waals surface area contributed by atoms with E-state index in [4.69, 9.17) is 5.11 Å². The van der Waals surface area contributed by atoms with Crippen molar-refractivity contribution in [2.45, 2.75) is 6.42 Å². The minimum absolute atomic E-state index is 0.104. The monoisotopic (exact) mass is 104 g/mol. The van der Waals surface area contributed by atoms with Gasteiger partial charge in [0, 0.05) is 6.61 Å². The summed E-state index contributed by atoms with van der Waals surface area (Å²) >= 11 is 0. The van der Waals surface area contributed by atoms with E-state index in [1.807, 2.05) is 0 Å². The normalized spacial score (nSPS) is 10.3. The molecule has 3 heteroatoms. The maximum absolute atomic E-state index is 10.0. The molecule has 3 nitrogen and oxygen atoms in total. The Morgan fingerprint density at radius 3 is 2.43 bits per heavy atom. The molecule has 0 saturated carbocycles. The van der Waals surface area contributed by atoms with Gasteiger partial charge < -0.3 is 15.4 Å². The highest BCUT2D eigenvalue weighted by Crippen LogP contribution is 1.79. The van der Waals surface area contributed by atoms with Gasteiger partial charge in [0.25, 0.3) is 0 Å². The first-order valence-corrected chi connectivity index (χ1v) is 2.26. The van der Waals surface area contributed by atoms with E-state index in [1.165, 1.54) is 7.05 Å². The number of hydrogen-bond acceptors (Lipinski definition) is 3. The van der Waals surface area contributed by atoms with Crippen molar-refractivity contribution in [3.8, 4) is 0 Å². The molecule has 0 heterocycles. The highest BCUT2D eigenvalue weighted by atomic mass is 16.5. The van der Waals surface area contributed by atoms with Crippen LogP contribution >= 0.6 is 0 Å². The second-order valence-corrected chi connectivity index (χ2v) is 1.43. The summed E-state index contributed by atoms with van der Waals surface area (Å²) in [6.45, 7) is 0.531. The SMILES string of the molecule is CN([O-])CCCO. The summed E-state index contributed by atoms with van der Waals surface area (Å²) in [6, 6.07) is 0. The fourth-order valence-corrected chi connectivity index (χ4v) is 0.293. The van der Waals surface area contributed by atoms with Gasteiger partial charge in [-0.3, -0.25) is 0 Å². The van der Waals surface area contributed by atoms with E-state index in [1.54, 1.807) is 0 Å². The Bertz CT molecular complexity index is 38.7. The molecule has 0 aromatic heterocycles. The van der Waals surface area contributed by atoms with Crippen LogP contribution in [-0.4, -0.2) is 30.4 Å². The molecule has 0 spiro atoms. The van der Waals surface area contributed by atoms with Crippen LogP contribution < -0.4 is 0 Å². The fraction of sp³-hybridized carbons (Fsp3) is 1.00. The van der Waals surface area contributed by atoms with E-state index in [2.05, 4.69) is 0 Å². The Kier molecular flexibility index (Phi) is 3.98. The topological polar surface area (TPSA) is 46.5 Å². The number of hydrogen-bond donors (Lipinski definition) is 1. The van der Waals surface area contributed by atoms with Crippen LogP contribution in [0.2, 0.25) is 0 Å². The minimum atomic E-state index is 0.104. The Hall–Kier alpha value is -0.120. The molecule has 44 valence electrons. The van der Waals surface area contributed by atoms with Crippen LogP contribution in [0.4, 0.5) is 0 Å². The molecule has 0 fully saturated rings. The maximum Gasteiger partial charge on any atom is 0.0442 e. The molecule has 0 unspecified atom stereocenters. The highest BCUT2D eigenvalue weighted by molar-refractivity contribution is 4.46. The van der Waals surface area contributed by atoms with Crippen molar-refractivity contribution in [1.29, 1.82) is 0 Å². The summed E-state index contributed by atoms with van der Waals surface area (Å²) in [4.78, 5) is 0. The summed E-state index contributed by atoms with van der Waals surface area (Å²) in [5.74, 6) is 0. The zero-order valence-corrected chi connectivity index (χ0v) is 4.42. The van der Waals surface area contributed by atoms with E-state index >= 15 is 0 Å². The third-order valence-corrected chi connectivity index (χ3v) is 0.631. The zero-order chi connectivity index (χ0) is 5.70. The zero-order valence-electron chi connectivity index (χ0n) is 4.42. The number of nitrogens with zero attached hydrogens (tertiary/aromatic N) is 1. The highest BCUT2D eigenvalue weighted by Gasteiger charge is 1.79. The van der Waals surface area contributed by atoms with Gasteiger partial charge in [0.2, 0.25) is 0 Å². The van der Waals surface area contributed by atoms with Crippen LogP contribution in [-0.2, 0) is 0 Å².